The van der Waals surface area contributed by atoms with E-state index in [9.17, 15) is 14.2 Å². The van der Waals surface area contributed by atoms with Crippen LogP contribution in [0.25, 0.3) is 0 Å². The van der Waals surface area contributed by atoms with E-state index in [2.05, 4.69) is 0 Å². The summed E-state index contributed by atoms with van der Waals surface area (Å²) in [5, 5.41) is 0. The van der Waals surface area contributed by atoms with Crippen molar-refractivity contribution in [2.45, 2.75) is 20.0 Å². The molecule has 0 bridgehead atoms. The van der Waals surface area contributed by atoms with Crippen LogP contribution in [-0.2, 0) is 23.4 Å². The van der Waals surface area contributed by atoms with Gasteiger partial charge in [-0.25, -0.2) is 9.36 Å². The second-order valence-corrected chi connectivity index (χ2v) is 5.84. The minimum atomic E-state index is -3.74. The number of ether oxygens (including phenoxy) is 1. The van der Waals surface area contributed by atoms with Gasteiger partial charge in [0, 0.05) is 0 Å². The third-order valence-corrected chi connectivity index (χ3v) is 3.95. The van der Waals surface area contributed by atoms with Crippen LogP contribution in [0.5, 0.6) is 5.75 Å². The second kappa shape index (κ2) is 7.82. The lowest BCUT2D eigenvalue weighted by Gasteiger charge is -2.20. The molecule has 110 valence electrons. The van der Waals surface area contributed by atoms with Crippen molar-refractivity contribution in [3.8, 4) is 5.75 Å². The lowest BCUT2D eigenvalue weighted by Crippen LogP contribution is -2.24. The third kappa shape index (κ3) is 5.15. The summed E-state index contributed by atoms with van der Waals surface area (Å²) in [6.07, 6.45) is -1.09. The third-order valence-electron chi connectivity index (χ3n) is 2.22. The molecule has 2 unspecified atom stereocenters. The van der Waals surface area contributed by atoms with Crippen LogP contribution >= 0.6 is 7.60 Å². The number of aldehydes is 1. The molecule has 1 aromatic carbocycles. The van der Waals surface area contributed by atoms with Gasteiger partial charge in [0.1, 0.15) is 18.2 Å². The summed E-state index contributed by atoms with van der Waals surface area (Å²) in [4.78, 5) is 22.1. The SMILES string of the molecule is CCOC(=O)C(C)OP(=O)(CC=O)Oc1ccccc1. The van der Waals surface area contributed by atoms with E-state index in [4.69, 9.17) is 13.8 Å². The van der Waals surface area contributed by atoms with Crippen molar-refractivity contribution in [2.24, 2.45) is 0 Å². The minimum absolute atomic E-state index is 0.185. The van der Waals surface area contributed by atoms with Gasteiger partial charge >= 0.3 is 13.6 Å². The van der Waals surface area contributed by atoms with E-state index in [0.717, 1.165) is 0 Å². The van der Waals surface area contributed by atoms with E-state index in [1.165, 1.54) is 6.92 Å². The van der Waals surface area contributed by atoms with Gasteiger partial charge in [0.25, 0.3) is 0 Å². The van der Waals surface area contributed by atoms with Gasteiger partial charge in [0.2, 0.25) is 0 Å². The second-order valence-electron chi connectivity index (χ2n) is 3.86. The summed E-state index contributed by atoms with van der Waals surface area (Å²) in [6, 6.07) is 8.30. The fourth-order valence-electron chi connectivity index (χ4n) is 1.38. The minimum Gasteiger partial charge on any atom is -0.464 e. The molecule has 20 heavy (non-hydrogen) atoms. The van der Waals surface area contributed by atoms with Crippen LogP contribution in [0.4, 0.5) is 0 Å². The van der Waals surface area contributed by atoms with Gasteiger partial charge in [-0.3, -0.25) is 4.52 Å². The van der Waals surface area contributed by atoms with Crippen LogP contribution in [-0.4, -0.2) is 31.1 Å². The monoisotopic (exact) mass is 300 g/mol. The molecule has 7 heteroatoms. The molecule has 0 aliphatic heterocycles. The van der Waals surface area contributed by atoms with Crippen LogP contribution in [0.2, 0.25) is 0 Å². The van der Waals surface area contributed by atoms with Crippen molar-refractivity contribution >= 4 is 19.9 Å². The van der Waals surface area contributed by atoms with Crippen molar-refractivity contribution < 1.29 is 27.9 Å². The molecule has 0 spiro atoms. The predicted molar refractivity (Wildman–Crippen MR) is 72.8 cm³/mol. The Bertz CT molecular complexity index is 487. The highest BCUT2D eigenvalue weighted by molar-refractivity contribution is 7.55. The molecule has 0 saturated carbocycles. The van der Waals surface area contributed by atoms with Crippen LogP contribution in [0.15, 0.2) is 30.3 Å². The zero-order chi connectivity index (χ0) is 15.0. The van der Waals surface area contributed by atoms with E-state index in [0.29, 0.717) is 12.0 Å². The van der Waals surface area contributed by atoms with E-state index >= 15 is 0 Å². The number of carbonyl (C=O) groups is 2. The van der Waals surface area contributed by atoms with Gasteiger partial charge in [-0.2, -0.15) is 0 Å². The predicted octanol–water partition coefficient (Wildman–Crippen LogP) is 2.43. The van der Waals surface area contributed by atoms with Crippen LogP contribution in [0.1, 0.15) is 13.8 Å². The molecule has 0 aliphatic rings. The fourth-order valence-corrected chi connectivity index (χ4v) is 2.78. The molecule has 0 fully saturated rings. The number of hydrogen-bond acceptors (Lipinski definition) is 6. The number of para-hydroxylation sites is 1. The molecule has 0 saturated heterocycles. The molecule has 0 amide bonds. The van der Waals surface area contributed by atoms with Gasteiger partial charge in [-0.1, -0.05) is 18.2 Å². The van der Waals surface area contributed by atoms with Gasteiger partial charge in [-0.05, 0) is 26.0 Å². The van der Waals surface area contributed by atoms with E-state index < -0.39 is 25.8 Å². The van der Waals surface area contributed by atoms with Gasteiger partial charge in [0.05, 0.1) is 6.61 Å². The molecule has 0 radical (unpaired) electrons. The molecule has 0 N–H and O–H groups in total. The summed E-state index contributed by atoms with van der Waals surface area (Å²) in [5.74, 6) is -0.357. The van der Waals surface area contributed by atoms with E-state index in [1.807, 2.05) is 0 Å². The topological polar surface area (TPSA) is 78.9 Å². The average Bonchev–Trinajstić information content (AvgIpc) is 2.40. The Labute approximate surface area is 117 Å². The zero-order valence-corrected chi connectivity index (χ0v) is 12.2. The summed E-state index contributed by atoms with van der Waals surface area (Å²) >= 11 is 0. The van der Waals surface area contributed by atoms with Crippen molar-refractivity contribution in [2.75, 3.05) is 12.8 Å². The van der Waals surface area contributed by atoms with E-state index in [1.54, 1.807) is 37.3 Å². The standard InChI is InChI=1S/C13H17O6P/c1-3-17-13(15)11(2)18-20(16,10-9-14)19-12-7-5-4-6-8-12/h4-9,11H,3,10H2,1-2H3. The highest BCUT2D eigenvalue weighted by Crippen LogP contribution is 2.48. The zero-order valence-electron chi connectivity index (χ0n) is 11.4. The van der Waals surface area contributed by atoms with Crippen molar-refractivity contribution in [3.05, 3.63) is 30.3 Å². The van der Waals surface area contributed by atoms with Crippen LogP contribution in [0, 0.1) is 0 Å². The number of esters is 1. The smallest absolute Gasteiger partial charge is 0.387 e. The summed E-state index contributed by atoms with van der Waals surface area (Å²) in [6.45, 7) is 3.23. The maximum absolute atomic E-state index is 12.4. The lowest BCUT2D eigenvalue weighted by molar-refractivity contribution is -0.150. The molecule has 2 atom stereocenters. The fraction of sp³-hybridized carbons (Fsp3) is 0.385. The maximum Gasteiger partial charge on any atom is 0.387 e. The number of benzene rings is 1. The van der Waals surface area contributed by atoms with Crippen molar-refractivity contribution in [1.29, 1.82) is 0 Å². The largest absolute Gasteiger partial charge is 0.464 e. The summed E-state index contributed by atoms with van der Waals surface area (Å²) in [5.41, 5.74) is 0. The van der Waals surface area contributed by atoms with Crippen LogP contribution in [0.3, 0.4) is 0 Å². The van der Waals surface area contributed by atoms with Gasteiger partial charge < -0.3 is 14.1 Å². The Morgan fingerprint density at radius 3 is 2.55 bits per heavy atom. The number of carbonyl (C=O) groups excluding carboxylic acids is 2. The molecular formula is C13H17O6P. The summed E-state index contributed by atoms with van der Waals surface area (Å²) < 4.78 is 27.5. The number of rotatable bonds is 8. The molecule has 0 heterocycles. The quantitative estimate of drug-likeness (QED) is 0.417. The average molecular weight is 300 g/mol. The molecule has 1 rings (SSSR count). The summed E-state index contributed by atoms with van der Waals surface area (Å²) in [7, 11) is -3.74. The highest BCUT2D eigenvalue weighted by atomic mass is 31.2. The van der Waals surface area contributed by atoms with E-state index in [-0.39, 0.29) is 6.61 Å². The maximum atomic E-state index is 12.4. The Morgan fingerprint density at radius 1 is 1.35 bits per heavy atom. The van der Waals surface area contributed by atoms with Crippen molar-refractivity contribution in [1.82, 2.24) is 0 Å². The van der Waals surface area contributed by atoms with Gasteiger partial charge in [0.15, 0.2) is 6.10 Å². The molecular weight excluding hydrogens is 283 g/mol. The van der Waals surface area contributed by atoms with Crippen molar-refractivity contribution in [3.63, 3.8) is 0 Å². The Morgan fingerprint density at radius 2 is 2.00 bits per heavy atom. The highest BCUT2D eigenvalue weighted by Gasteiger charge is 2.32. The molecule has 1 aromatic rings. The molecule has 0 aromatic heterocycles. The number of hydrogen-bond donors (Lipinski definition) is 0. The Kier molecular flexibility index (Phi) is 6.42. The molecule has 6 nitrogen and oxygen atoms in total. The Hall–Kier alpha value is -1.65. The first-order valence-electron chi connectivity index (χ1n) is 6.13. The molecule has 0 aliphatic carbocycles. The lowest BCUT2D eigenvalue weighted by atomic mass is 10.3. The first-order valence-corrected chi connectivity index (χ1v) is 7.86. The Balaban J connectivity index is 2.78. The first-order chi connectivity index (χ1) is 9.50. The van der Waals surface area contributed by atoms with Crippen LogP contribution < -0.4 is 4.52 Å². The first kappa shape index (κ1) is 16.4. The normalized spacial score (nSPS) is 14.9. The van der Waals surface area contributed by atoms with Gasteiger partial charge in [-0.15, -0.1) is 0 Å².